The minimum absolute atomic E-state index is 0.113. The average molecular weight is 313 g/mol. The minimum Gasteiger partial charge on any atom is -0.320 e. The summed E-state index contributed by atoms with van der Waals surface area (Å²) in [6.07, 6.45) is 1.80. The highest BCUT2D eigenvalue weighted by atomic mass is 79.9. The number of benzene rings is 2. The van der Waals surface area contributed by atoms with Crippen LogP contribution in [0.1, 0.15) is 17.2 Å². The number of halogens is 1. The van der Waals surface area contributed by atoms with E-state index >= 15 is 0 Å². The first-order valence-corrected chi connectivity index (χ1v) is 6.89. The Hall–Kier alpha value is -1.71. The van der Waals surface area contributed by atoms with Crippen LogP contribution in [0.15, 0.2) is 65.3 Å². The van der Waals surface area contributed by atoms with Crippen LogP contribution < -0.4 is 5.73 Å². The van der Waals surface area contributed by atoms with Crippen molar-refractivity contribution in [1.29, 1.82) is 0 Å². The third kappa shape index (κ3) is 2.53. The molecular formula is C16H13BrN2. The normalized spacial score (nSPS) is 12.5. The average Bonchev–Trinajstić information content (AvgIpc) is 2.47. The lowest BCUT2D eigenvalue weighted by Crippen LogP contribution is -2.11. The zero-order chi connectivity index (χ0) is 13.2. The smallest absolute Gasteiger partial charge is 0.0702 e. The molecular weight excluding hydrogens is 300 g/mol. The summed E-state index contributed by atoms with van der Waals surface area (Å²) in [6.45, 7) is 0. The monoisotopic (exact) mass is 312 g/mol. The van der Waals surface area contributed by atoms with Crippen LogP contribution in [0, 0.1) is 0 Å². The Morgan fingerprint density at radius 2 is 1.68 bits per heavy atom. The highest BCUT2D eigenvalue weighted by molar-refractivity contribution is 9.10. The third-order valence-corrected chi connectivity index (χ3v) is 3.74. The fraction of sp³-hybridized carbons (Fsp3) is 0.0625. The molecule has 2 nitrogen and oxygen atoms in total. The summed E-state index contributed by atoms with van der Waals surface area (Å²) in [5.74, 6) is 0. The molecule has 0 saturated heterocycles. The standard InChI is InChI=1S/C16H13BrN2/c17-14-6-3-11(4-7-14)16(18)13-5-8-15-12(10-13)2-1-9-19-15/h1-10,16H,18H2. The Labute approximate surface area is 120 Å². The van der Waals surface area contributed by atoms with Gasteiger partial charge in [-0.05, 0) is 41.5 Å². The first-order valence-electron chi connectivity index (χ1n) is 6.10. The zero-order valence-corrected chi connectivity index (χ0v) is 11.8. The fourth-order valence-corrected chi connectivity index (χ4v) is 2.41. The van der Waals surface area contributed by atoms with Gasteiger partial charge in [-0.2, -0.15) is 0 Å². The van der Waals surface area contributed by atoms with E-state index in [2.05, 4.69) is 33.0 Å². The molecule has 3 rings (SSSR count). The van der Waals surface area contributed by atoms with Crippen molar-refractivity contribution >= 4 is 26.8 Å². The summed E-state index contributed by atoms with van der Waals surface area (Å²) in [7, 11) is 0. The second kappa shape index (κ2) is 5.11. The molecule has 0 aliphatic carbocycles. The number of hydrogen-bond donors (Lipinski definition) is 1. The molecule has 0 bridgehead atoms. The molecule has 0 amide bonds. The molecule has 2 N–H and O–H groups in total. The molecule has 3 aromatic rings. The third-order valence-electron chi connectivity index (χ3n) is 3.22. The van der Waals surface area contributed by atoms with Gasteiger partial charge in [0.15, 0.2) is 0 Å². The number of hydrogen-bond acceptors (Lipinski definition) is 2. The molecule has 1 heterocycles. The van der Waals surface area contributed by atoms with E-state index in [0.717, 1.165) is 26.5 Å². The summed E-state index contributed by atoms with van der Waals surface area (Å²) in [5.41, 5.74) is 9.52. The van der Waals surface area contributed by atoms with Gasteiger partial charge in [0, 0.05) is 16.1 Å². The summed E-state index contributed by atoms with van der Waals surface area (Å²) in [4.78, 5) is 4.32. The predicted octanol–water partition coefficient (Wildman–Crippen LogP) is 4.05. The van der Waals surface area contributed by atoms with Crippen LogP contribution in [0.5, 0.6) is 0 Å². The minimum atomic E-state index is -0.113. The van der Waals surface area contributed by atoms with E-state index < -0.39 is 0 Å². The van der Waals surface area contributed by atoms with Crippen molar-refractivity contribution < 1.29 is 0 Å². The van der Waals surface area contributed by atoms with Gasteiger partial charge in [-0.15, -0.1) is 0 Å². The van der Waals surface area contributed by atoms with Gasteiger partial charge in [-0.25, -0.2) is 0 Å². The van der Waals surface area contributed by atoms with Gasteiger partial charge in [0.2, 0.25) is 0 Å². The van der Waals surface area contributed by atoms with Crippen LogP contribution in [0.3, 0.4) is 0 Å². The highest BCUT2D eigenvalue weighted by Gasteiger charge is 2.09. The maximum Gasteiger partial charge on any atom is 0.0702 e. The first kappa shape index (κ1) is 12.3. The molecule has 1 unspecified atom stereocenters. The molecule has 19 heavy (non-hydrogen) atoms. The molecule has 3 heteroatoms. The van der Waals surface area contributed by atoms with Crippen LogP contribution in [0.2, 0.25) is 0 Å². The van der Waals surface area contributed by atoms with Crippen molar-refractivity contribution in [2.45, 2.75) is 6.04 Å². The van der Waals surface area contributed by atoms with Crippen LogP contribution in [0.4, 0.5) is 0 Å². The number of nitrogens with zero attached hydrogens (tertiary/aromatic N) is 1. The summed E-state index contributed by atoms with van der Waals surface area (Å²) in [6, 6.07) is 18.2. The maximum atomic E-state index is 6.32. The van der Waals surface area contributed by atoms with E-state index in [9.17, 15) is 0 Å². The maximum absolute atomic E-state index is 6.32. The van der Waals surface area contributed by atoms with E-state index in [1.54, 1.807) is 6.20 Å². The van der Waals surface area contributed by atoms with Crippen molar-refractivity contribution in [2.75, 3.05) is 0 Å². The molecule has 1 aromatic heterocycles. The molecule has 0 saturated carbocycles. The molecule has 2 aromatic carbocycles. The van der Waals surface area contributed by atoms with E-state index in [-0.39, 0.29) is 6.04 Å². The SMILES string of the molecule is NC(c1ccc(Br)cc1)c1ccc2ncccc2c1. The van der Waals surface area contributed by atoms with Gasteiger partial charge < -0.3 is 5.73 Å². The molecule has 0 spiro atoms. The molecule has 0 fully saturated rings. The van der Waals surface area contributed by atoms with E-state index in [0.29, 0.717) is 0 Å². The van der Waals surface area contributed by atoms with Crippen molar-refractivity contribution in [3.05, 3.63) is 76.4 Å². The molecule has 0 aliphatic rings. The summed E-state index contributed by atoms with van der Waals surface area (Å²) >= 11 is 3.43. The van der Waals surface area contributed by atoms with Gasteiger partial charge in [-0.3, -0.25) is 4.98 Å². The quantitative estimate of drug-likeness (QED) is 0.775. The van der Waals surface area contributed by atoms with Crippen molar-refractivity contribution in [2.24, 2.45) is 5.73 Å². The fourth-order valence-electron chi connectivity index (χ4n) is 2.15. The lowest BCUT2D eigenvalue weighted by Gasteiger charge is -2.13. The van der Waals surface area contributed by atoms with Crippen LogP contribution in [0.25, 0.3) is 10.9 Å². The first-order chi connectivity index (χ1) is 9.24. The van der Waals surface area contributed by atoms with Gasteiger partial charge in [-0.1, -0.05) is 40.2 Å². The van der Waals surface area contributed by atoms with Gasteiger partial charge in [0.05, 0.1) is 11.6 Å². The Morgan fingerprint density at radius 1 is 0.947 bits per heavy atom. The second-order valence-corrected chi connectivity index (χ2v) is 5.40. The topological polar surface area (TPSA) is 38.9 Å². The molecule has 94 valence electrons. The lowest BCUT2D eigenvalue weighted by atomic mass is 9.98. The number of nitrogens with two attached hydrogens (primary N) is 1. The van der Waals surface area contributed by atoms with Crippen LogP contribution >= 0.6 is 15.9 Å². The van der Waals surface area contributed by atoms with E-state index in [1.165, 1.54) is 0 Å². The largest absolute Gasteiger partial charge is 0.320 e. The Morgan fingerprint density at radius 3 is 2.47 bits per heavy atom. The van der Waals surface area contributed by atoms with E-state index in [4.69, 9.17) is 5.73 Å². The van der Waals surface area contributed by atoms with Gasteiger partial charge >= 0.3 is 0 Å². The number of rotatable bonds is 2. The number of fused-ring (bicyclic) bond motifs is 1. The Balaban J connectivity index is 2.01. The molecule has 0 aliphatic heterocycles. The number of pyridine rings is 1. The van der Waals surface area contributed by atoms with Crippen molar-refractivity contribution in [3.8, 4) is 0 Å². The van der Waals surface area contributed by atoms with Gasteiger partial charge in [0.25, 0.3) is 0 Å². The van der Waals surface area contributed by atoms with Crippen LogP contribution in [-0.4, -0.2) is 4.98 Å². The summed E-state index contributed by atoms with van der Waals surface area (Å²) in [5, 5.41) is 1.12. The molecule has 0 radical (unpaired) electrons. The Bertz CT molecular complexity index is 707. The molecule has 1 atom stereocenters. The van der Waals surface area contributed by atoms with Crippen molar-refractivity contribution in [1.82, 2.24) is 4.98 Å². The summed E-state index contributed by atoms with van der Waals surface area (Å²) < 4.78 is 1.06. The van der Waals surface area contributed by atoms with Crippen LogP contribution in [-0.2, 0) is 0 Å². The van der Waals surface area contributed by atoms with Gasteiger partial charge in [0.1, 0.15) is 0 Å². The zero-order valence-electron chi connectivity index (χ0n) is 10.3. The lowest BCUT2D eigenvalue weighted by molar-refractivity contribution is 0.873. The number of aromatic nitrogens is 1. The second-order valence-electron chi connectivity index (χ2n) is 4.48. The predicted molar refractivity (Wildman–Crippen MR) is 81.9 cm³/mol. The Kier molecular flexibility index (Phi) is 3.32. The highest BCUT2D eigenvalue weighted by Crippen LogP contribution is 2.24. The van der Waals surface area contributed by atoms with Crippen molar-refractivity contribution in [3.63, 3.8) is 0 Å². The van der Waals surface area contributed by atoms with E-state index in [1.807, 2.05) is 42.5 Å².